The van der Waals surface area contributed by atoms with E-state index in [1.54, 1.807) is 47.3 Å². The first kappa shape index (κ1) is 17.3. The van der Waals surface area contributed by atoms with Crippen LogP contribution in [0.15, 0.2) is 65.8 Å². The van der Waals surface area contributed by atoms with Crippen molar-refractivity contribution in [3.8, 4) is 5.69 Å². The van der Waals surface area contributed by atoms with Crippen LogP contribution >= 0.6 is 0 Å². The highest BCUT2D eigenvalue weighted by atomic mass is 32.2. The minimum Gasteiger partial charge on any atom is -0.326 e. The molecule has 2 heterocycles. The van der Waals surface area contributed by atoms with Crippen molar-refractivity contribution < 1.29 is 13.2 Å². The van der Waals surface area contributed by atoms with Crippen molar-refractivity contribution in [2.24, 2.45) is 0 Å². The van der Waals surface area contributed by atoms with Crippen molar-refractivity contribution in [3.63, 3.8) is 0 Å². The Balaban J connectivity index is 1.57. The Kier molecular flexibility index (Phi) is 4.41. The standard InChI is InChI=1S/C19H18N4O3S/c24-19-4-1-3-14-13-17(9-10-18(14)21-19)27(25,26)22-15-5-7-16(8-6-15)23-12-2-11-20-23/h2,5-13,22H,1,3-4H2,(H,21,24). The number of rotatable bonds is 4. The van der Waals surface area contributed by atoms with Gasteiger partial charge in [-0.15, -0.1) is 0 Å². The normalized spacial score (nSPS) is 14.1. The fourth-order valence-electron chi connectivity index (χ4n) is 3.04. The maximum Gasteiger partial charge on any atom is 0.261 e. The molecule has 1 aliphatic heterocycles. The molecule has 0 radical (unpaired) electrons. The third kappa shape index (κ3) is 3.70. The van der Waals surface area contributed by atoms with E-state index in [0.29, 0.717) is 30.6 Å². The number of fused-ring (bicyclic) bond motifs is 1. The van der Waals surface area contributed by atoms with E-state index in [0.717, 1.165) is 11.3 Å². The van der Waals surface area contributed by atoms with E-state index in [1.165, 1.54) is 6.07 Å². The molecule has 1 amide bonds. The van der Waals surface area contributed by atoms with Gasteiger partial charge in [0.15, 0.2) is 0 Å². The van der Waals surface area contributed by atoms with Crippen LogP contribution in [-0.2, 0) is 21.2 Å². The lowest BCUT2D eigenvalue weighted by atomic mass is 10.1. The van der Waals surface area contributed by atoms with Crippen molar-refractivity contribution >= 4 is 27.3 Å². The van der Waals surface area contributed by atoms with Crippen LogP contribution in [0.1, 0.15) is 18.4 Å². The Morgan fingerprint density at radius 1 is 1.07 bits per heavy atom. The SMILES string of the molecule is O=C1CCCc2cc(S(=O)(=O)Nc3ccc(-n4cccn4)cc3)ccc2N1. The molecule has 0 fully saturated rings. The Morgan fingerprint density at radius 3 is 2.63 bits per heavy atom. The molecule has 2 N–H and O–H groups in total. The highest BCUT2D eigenvalue weighted by Crippen LogP contribution is 2.26. The van der Waals surface area contributed by atoms with E-state index in [1.807, 2.05) is 12.3 Å². The topological polar surface area (TPSA) is 93.1 Å². The molecule has 2 aromatic carbocycles. The minimum absolute atomic E-state index is 0.0419. The lowest BCUT2D eigenvalue weighted by Gasteiger charge is -2.12. The van der Waals surface area contributed by atoms with Gasteiger partial charge in [0.1, 0.15) is 0 Å². The lowest BCUT2D eigenvalue weighted by molar-refractivity contribution is -0.116. The number of aryl methyl sites for hydroxylation is 1. The molecule has 0 saturated heterocycles. The van der Waals surface area contributed by atoms with Crippen LogP contribution in [0.4, 0.5) is 11.4 Å². The molecule has 0 atom stereocenters. The number of benzene rings is 2. The zero-order chi connectivity index (χ0) is 18.9. The van der Waals surface area contributed by atoms with Crippen molar-refractivity contribution in [1.82, 2.24) is 9.78 Å². The molecule has 0 bridgehead atoms. The van der Waals surface area contributed by atoms with Crippen LogP contribution < -0.4 is 10.0 Å². The second-order valence-electron chi connectivity index (χ2n) is 6.32. The maximum absolute atomic E-state index is 12.7. The number of carbonyl (C=O) groups is 1. The minimum atomic E-state index is -3.72. The lowest BCUT2D eigenvalue weighted by Crippen LogP contribution is -2.14. The van der Waals surface area contributed by atoms with Crippen molar-refractivity contribution in [3.05, 3.63) is 66.5 Å². The van der Waals surface area contributed by atoms with Crippen LogP contribution in [0.25, 0.3) is 5.69 Å². The number of hydrogen-bond donors (Lipinski definition) is 2. The van der Waals surface area contributed by atoms with Crippen molar-refractivity contribution in [1.29, 1.82) is 0 Å². The summed E-state index contributed by atoms with van der Waals surface area (Å²) in [6, 6.07) is 13.6. The van der Waals surface area contributed by atoms with Gasteiger partial charge in [-0.3, -0.25) is 9.52 Å². The first-order valence-electron chi connectivity index (χ1n) is 8.57. The van der Waals surface area contributed by atoms with Gasteiger partial charge >= 0.3 is 0 Å². The number of nitrogens with one attached hydrogen (secondary N) is 2. The van der Waals surface area contributed by atoms with Gasteiger partial charge in [-0.25, -0.2) is 13.1 Å². The number of sulfonamides is 1. The smallest absolute Gasteiger partial charge is 0.261 e. The van der Waals surface area contributed by atoms with Gasteiger partial charge in [0.25, 0.3) is 10.0 Å². The molecule has 1 aromatic heterocycles. The van der Waals surface area contributed by atoms with Crippen LogP contribution in [0.3, 0.4) is 0 Å². The van der Waals surface area contributed by atoms with Gasteiger partial charge in [-0.1, -0.05) is 0 Å². The molecule has 4 rings (SSSR count). The van der Waals surface area contributed by atoms with Crippen molar-refractivity contribution in [2.45, 2.75) is 24.2 Å². The average molecular weight is 382 g/mol. The quantitative estimate of drug-likeness (QED) is 0.725. The monoisotopic (exact) mass is 382 g/mol. The summed E-state index contributed by atoms with van der Waals surface area (Å²) in [4.78, 5) is 11.8. The van der Waals surface area contributed by atoms with E-state index in [2.05, 4.69) is 15.1 Å². The van der Waals surface area contributed by atoms with Gasteiger partial charge in [-0.2, -0.15) is 5.10 Å². The zero-order valence-electron chi connectivity index (χ0n) is 14.4. The summed E-state index contributed by atoms with van der Waals surface area (Å²) in [6.45, 7) is 0. The highest BCUT2D eigenvalue weighted by molar-refractivity contribution is 7.92. The molecular formula is C19H18N4O3S. The van der Waals surface area contributed by atoms with Crippen molar-refractivity contribution in [2.75, 3.05) is 10.0 Å². The van der Waals surface area contributed by atoms with Crippen LogP contribution in [0.5, 0.6) is 0 Å². The molecule has 1 aliphatic rings. The zero-order valence-corrected chi connectivity index (χ0v) is 15.2. The predicted octanol–water partition coefficient (Wildman–Crippen LogP) is 2.95. The maximum atomic E-state index is 12.7. The molecule has 8 heteroatoms. The average Bonchev–Trinajstić information content (AvgIpc) is 3.11. The van der Waals surface area contributed by atoms with E-state index < -0.39 is 10.0 Å². The number of hydrogen-bond acceptors (Lipinski definition) is 4. The molecule has 3 aromatic rings. The van der Waals surface area contributed by atoms with Crippen LogP contribution in [-0.4, -0.2) is 24.1 Å². The summed E-state index contributed by atoms with van der Waals surface area (Å²) < 4.78 is 29.8. The third-order valence-electron chi connectivity index (χ3n) is 4.40. The second kappa shape index (κ2) is 6.88. The van der Waals surface area contributed by atoms with Gasteiger partial charge < -0.3 is 5.32 Å². The second-order valence-corrected chi connectivity index (χ2v) is 8.01. The fraction of sp³-hybridized carbons (Fsp3) is 0.158. The van der Waals surface area contributed by atoms with E-state index in [4.69, 9.17) is 0 Å². The molecule has 0 spiro atoms. The van der Waals surface area contributed by atoms with E-state index in [9.17, 15) is 13.2 Å². The molecular weight excluding hydrogens is 364 g/mol. The number of amides is 1. The number of aromatic nitrogens is 2. The Hall–Kier alpha value is -3.13. The molecule has 0 aliphatic carbocycles. The molecule has 7 nitrogen and oxygen atoms in total. The first-order valence-corrected chi connectivity index (χ1v) is 10.1. The molecule has 0 saturated carbocycles. The van der Waals surface area contributed by atoms with E-state index >= 15 is 0 Å². The summed E-state index contributed by atoms with van der Waals surface area (Å²) >= 11 is 0. The Bertz CT molecular complexity index is 1070. The van der Waals surface area contributed by atoms with Gasteiger partial charge in [-0.05, 0) is 66.9 Å². The molecule has 0 unspecified atom stereocenters. The molecule has 27 heavy (non-hydrogen) atoms. The number of carbonyl (C=O) groups excluding carboxylic acids is 1. The summed E-state index contributed by atoms with van der Waals surface area (Å²) in [5, 5.41) is 6.95. The Labute approximate surface area is 157 Å². The summed E-state index contributed by atoms with van der Waals surface area (Å²) in [5.74, 6) is -0.0419. The Morgan fingerprint density at radius 2 is 1.89 bits per heavy atom. The number of nitrogens with zero attached hydrogens (tertiary/aromatic N) is 2. The number of anilines is 2. The van der Waals surface area contributed by atoms with Gasteiger partial charge in [0, 0.05) is 30.2 Å². The fourth-order valence-corrected chi connectivity index (χ4v) is 4.14. The largest absolute Gasteiger partial charge is 0.326 e. The molecule has 138 valence electrons. The summed E-state index contributed by atoms with van der Waals surface area (Å²) in [5.41, 5.74) is 2.82. The third-order valence-corrected chi connectivity index (χ3v) is 5.78. The van der Waals surface area contributed by atoms with Crippen LogP contribution in [0, 0.1) is 0 Å². The first-order chi connectivity index (χ1) is 13.0. The van der Waals surface area contributed by atoms with Gasteiger partial charge in [0.05, 0.1) is 10.6 Å². The summed E-state index contributed by atoms with van der Waals surface area (Å²) in [6.07, 6.45) is 5.29. The summed E-state index contributed by atoms with van der Waals surface area (Å²) in [7, 11) is -3.72. The predicted molar refractivity (Wildman–Crippen MR) is 102 cm³/mol. The van der Waals surface area contributed by atoms with Gasteiger partial charge in [0.2, 0.25) is 5.91 Å². The van der Waals surface area contributed by atoms with E-state index in [-0.39, 0.29) is 10.8 Å². The highest BCUT2D eigenvalue weighted by Gasteiger charge is 2.19. The van der Waals surface area contributed by atoms with Crippen LogP contribution in [0.2, 0.25) is 0 Å².